The summed E-state index contributed by atoms with van der Waals surface area (Å²) in [5.74, 6) is -0.186. The van der Waals surface area contributed by atoms with Gasteiger partial charge in [0.1, 0.15) is 5.82 Å². The molecule has 0 spiro atoms. The van der Waals surface area contributed by atoms with Gasteiger partial charge in [0, 0.05) is 29.2 Å². The summed E-state index contributed by atoms with van der Waals surface area (Å²) in [5.41, 5.74) is 6.28. The maximum Gasteiger partial charge on any atom is 0.254 e. The molecule has 3 nitrogen and oxygen atoms in total. The smallest absolute Gasteiger partial charge is 0.254 e. The predicted octanol–water partition coefficient (Wildman–Crippen LogP) is 2.40. The van der Waals surface area contributed by atoms with Crippen molar-refractivity contribution in [2.24, 2.45) is 11.7 Å². The van der Waals surface area contributed by atoms with Crippen LogP contribution in [-0.2, 0) is 0 Å². The molecule has 0 aliphatic carbocycles. The van der Waals surface area contributed by atoms with Gasteiger partial charge in [-0.25, -0.2) is 4.39 Å². The molecule has 2 atom stereocenters. The summed E-state index contributed by atoms with van der Waals surface area (Å²) in [6.07, 6.45) is 0.927. The fraction of sp³-hybridized carbons (Fsp3) is 0.462. The molecule has 1 aromatic carbocycles. The van der Waals surface area contributed by atoms with Gasteiger partial charge in [0.15, 0.2) is 0 Å². The highest BCUT2D eigenvalue weighted by Crippen LogP contribution is 2.20. The van der Waals surface area contributed by atoms with Crippen molar-refractivity contribution in [3.63, 3.8) is 0 Å². The van der Waals surface area contributed by atoms with E-state index in [0.29, 0.717) is 29.0 Å². The number of carbonyl (C=O) groups excluding carboxylic acids is 1. The standard InChI is InChI=1S/C13H16BrFN2O/c1-8-2-12(16)7-17(6-8)13(18)9-3-10(14)5-11(15)4-9/h3-5,8,12H,2,6-7,16H2,1H3. The summed E-state index contributed by atoms with van der Waals surface area (Å²) >= 11 is 3.19. The van der Waals surface area contributed by atoms with E-state index in [0.717, 1.165) is 6.42 Å². The zero-order chi connectivity index (χ0) is 13.3. The van der Waals surface area contributed by atoms with Gasteiger partial charge < -0.3 is 10.6 Å². The minimum atomic E-state index is -0.415. The van der Waals surface area contributed by atoms with E-state index in [1.54, 1.807) is 11.0 Å². The normalized spacial score (nSPS) is 24.1. The maximum atomic E-state index is 13.3. The average Bonchev–Trinajstić information content (AvgIpc) is 2.25. The first-order chi connectivity index (χ1) is 8.45. The number of piperidine rings is 1. The number of likely N-dealkylation sites (tertiary alicyclic amines) is 1. The van der Waals surface area contributed by atoms with Crippen LogP contribution in [0, 0.1) is 11.7 Å². The molecule has 1 aliphatic heterocycles. The highest BCUT2D eigenvalue weighted by molar-refractivity contribution is 9.10. The molecule has 0 aromatic heterocycles. The van der Waals surface area contributed by atoms with E-state index in [1.165, 1.54) is 12.1 Å². The topological polar surface area (TPSA) is 46.3 Å². The van der Waals surface area contributed by atoms with Crippen molar-refractivity contribution in [3.05, 3.63) is 34.1 Å². The molecular formula is C13H16BrFN2O. The van der Waals surface area contributed by atoms with Crippen LogP contribution in [0.5, 0.6) is 0 Å². The summed E-state index contributed by atoms with van der Waals surface area (Å²) in [6, 6.07) is 4.24. The van der Waals surface area contributed by atoms with E-state index in [4.69, 9.17) is 5.73 Å². The molecule has 2 N–H and O–H groups in total. The van der Waals surface area contributed by atoms with Crippen molar-refractivity contribution < 1.29 is 9.18 Å². The van der Waals surface area contributed by atoms with E-state index >= 15 is 0 Å². The molecule has 1 aliphatic rings. The van der Waals surface area contributed by atoms with Crippen molar-refractivity contribution in [1.29, 1.82) is 0 Å². The first-order valence-corrected chi connectivity index (χ1v) is 6.76. The number of halogens is 2. The minimum absolute atomic E-state index is 0.00898. The van der Waals surface area contributed by atoms with Crippen molar-refractivity contribution in [1.82, 2.24) is 4.90 Å². The van der Waals surface area contributed by atoms with Gasteiger partial charge in [0.2, 0.25) is 0 Å². The number of rotatable bonds is 1. The molecular weight excluding hydrogens is 299 g/mol. The minimum Gasteiger partial charge on any atom is -0.337 e. The Kier molecular flexibility index (Phi) is 4.02. The van der Waals surface area contributed by atoms with Crippen molar-refractivity contribution in [2.45, 2.75) is 19.4 Å². The Labute approximate surface area is 114 Å². The van der Waals surface area contributed by atoms with Gasteiger partial charge >= 0.3 is 0 Å². The van der Waals surface area contributed by atoms with Gasteiger partial charge in [0.25, 0.3) is 5.91 Å². The van der Waals surface area contributed by atoms with Crippen LogP contribution in [0.2, 0.25) is 0 Å². The Hall–Kier alpha value is -0.940. The first-order valence-electron chi connectivity index (χ1n) is 5.96. The zero-order valence-corrected chi connectivity index (χ0v) is 11.8. The van der Waals surface area contributed by atoms with Crippen molar-refractivity contribution in [2.75, 3.05) is 13.1 Å². The molecule has 1 saturated heterocycles. The number of nitrogens with two attached hydrogens (primary N) is 1. The molecule has 18 heavy (non-hydrogen) atoms. The van der Waals surface area contributed by atoms with Crippen molar-refractivity contribution in [3.8, 4) is 0 Å². The lowest BCUT2D eigenvalue weighted by Crippen LogP contribution is -2.48. The van der Waals surface area contributed by atoms with Crippen LogP contribution in [0.4, 0.5) is 4.39 Å². The van der Waals surface area contributed by atoms with Gasteiger partial charge in [-0.2, -0.15) is 0 Å². The summed E-state index contributed by atoms with van der Waals surface area (Å²) in [5, 5.41) is 0. The lowest BCUT2D eigenvalue weighted by atomic mass is 9.96. The van der Waals surface area contributed by atoms with Gasteiger partial charge in [0.05, 0.1) is 0 Å². The molecule has 2 rings (SSSR count). The monoisotopic (exact) mass is 314 g/mol. The molecule has 1 heterocycles. The van der Waals surface area contributed by atoms with Crippen LogP contribution in [0.1, 0.15) is 23.7 Å². The number of hydrogen-bond donors (Lipinski definition) is 1. The quantitative estimate of drug-likeness (QED) is 0.865. The number of hydrogen-bond acceptors (Lipinski definition) is 2. The lowest BCUT2D eigenvalue weighted by Gasteiger charge is -2.34. The molecule has 0 radical (unpaired) electrons. The largest absolute Gasteiger partial charge is 0.337 e. The van der Waals surface area contributed by atoms with E-state index in [2.05, 4.69) is 22.9 Å². The second-order valence-electron chi connectivity index (χ2n) is 4.97. The van der Waals surface area contributed by atoms with Crippen LogP contribution >= 0.6 is 15.9 Å². The highest BCUT2D eigenvalue weighted by atomic mass is 79.9. The lowest BCUT2D eigenvalue weighted by molar-refractivity contribution is 0.0660. The Balaban J connectivity index is 2.20. The summed E-state index contributed by atoms with van der Waals surface area (Å²) in [4.78, 5) is 14.0. The molecule has 2 unspecified atom stereocenters. The first kappa shape index (κ1) is 13.5. The SMILES string of the molecule is CC1CC(N)CN(C(=O)c2cc(F)cc(Br)c2)C1. The van der Waals surface area contributed by atoms with Gasteiger partial charge in [-0.1, -0.05) is 22.9 Å². The Morgan fingerprint density at radius 2 is 2.17 bits per heavy atom. The molecule has 1 amide bonds. The third-order valence-electron chi connectivity index (χ3n) is 3.09. The number of carbonyl (C=O) groups is 1. The molecule has 98 valence electrons. The second kappa shape index (κ2) is 5.36. The van der Waals surface area contributed by atoms with Crippen LogP contribution in [0.25, 0.3) is 0 Å². The Morgan fingerprint density at radius 3 is 2.78 bits per heavy atom. The fourth-order valence-electron chi connectivity index (χ4n) is 2.43. The van der Waals surface area contributed by atoms with Crippen LogP contribution in [0.3, 0.4) is 0 Å². The van der Waals surface area contributed by atoms with E-state index in [1.807, 2.05) is 0 Å². The zero-order valence-electron chi connectivity index (χ0n) is 10.2. The highest BCUT2D eigenvalue weighted by Gasteiger charge is 2.26. The van der Waals surface area contributed by atoms with Gasteiger partial charge in [-0.3, -0.25) is 4.79 Å². The average molecular weight is 315 g/mol. The number of benzene rings is 1. The third kappa shape index (κ3) is 3.09. The van der Waals surface area contributed by atoms with E-state index < -0.39 is 5.82 Å². The van der Waals surface area contributed by atoms with Crippen LogP contribution < -0.4 is 5.73 Å². The Bertz CT molecular complexity index is 436. The fourth-order valence-corrected chi connectivity index (χ4v) is 2.89. The molecule has 5 heteroatoms. The van der Waals surface area contributed by atoms with Crippen molar-refractivity contribution >= 4 is 21.8 Å². The number of amides is 1. The van der Waals surface area contributed by atoms with E-state index in [9.17, 15) is 9.18 Å². The number of nitrogens with zero attached hydrogens (tertiary/aromatic N) is 1. The molecule has 0 saturated carbocycles. The molecule has 1 fully saturated rings. The van der Waals surface area contributed by atoms with Gasteiger partial charge in [-0.05, 0) is 30.5 Å². The summed E-state index contributed by atoms with van der Waals surface area (Å²) in [7, 11) is 0. The summed E-state index contributed by atoms with van der Waals surface area (Å²) < 4.78 is 13.9. The summed E-state index contributed by atoms with van der Waals surface area (Å²) in [6.45, 7) is 3.29. The maximum absolute atomic E-state index is 13.3. The second-order valence-corrected chi connectivity index (χ2v) is 5.88. The predicted molar refractivity (Wildman–Crippen MR) is 71.8 cm³/mol. The van der Waals surface area contributed by atoms with Crippen LogP contribution in [-0.4, -0.2) is 29.9 Å². The Morgan fingerprint density at radius 1 is 1.44 bits per heavy atom. The third-order valence-corrected chi connectivity index (χ3v) is 3.55. The molecule has 0 bridgehead atoms. The van der Waals surface area contributed by atoms with Gasteiger partial charge in [-0.15, -0.1) is 0 Å². The molecule has 1 aromatic rings. The van der Waals surface area contributed by atoms with E-state index in [-0.39, 0.29) is 11.9 Å². The van der Waals surface area contributed by atoms with Crippen LogP contribution in [0.15, 0.2) is 22.7 Å².